The van der Waals surface area contributed by atoms with Crippen LogP contribution in [0.2, 0.25) is 5.02 Å². The van der Waals surface area contributed by atoms with E-state index in [0.717, 1.165) is 61.7 Å². The van der Waals surface area contributed by atoms with Crippen molar-refractivity contribution in [1.29, 1.82) is 0 Å². The maximum atomic E-state index is 13.2. The highest BCUT2D eigenvalue weighted by Gasteiger charge is 2.44. The van der Waals surface area contributed by atoms with Gasteiger partial charge in [-0.2, -0.15) is 4.36 Å². The Bertz CT molecular complexity index is 1400. The third kappa shape index (κ3) is 5.46. The number of thiol groups is 1. The summed E-state index contributed by atoms with van der Waals surface area (Å²) in [5, 5.41) is 0.786. The van der Waals surface area contributed by atoms with Crippen LogP contribution in [0.3, 0.4) is 0 Å². The normalized spacial score (nSPS) is 33.4. The molecular formula is C33H41ClN2O3S. The van der Waals surface area contributed by atoms with Crippen LogP contribution in [-0.2, 0) is 22.4 Å². The Labute approximate surface area is 245 Å². The highest BCUT2D eigenvalue weighted by atomic mass is 35.5. The molecule has 1 saturated carbocycles. The summed E-state index contributed by atoms with van der Waals surface area (Å²) in [4.78, 5) is 15.7. The number of ether oxygens (including phenoxy) is 1. The molecule has 1 unspecified atom stereocenters. The molecule has 4 aliphatic rings. The van der Waals surface area contributed by atoms with Gasteiger partial charge < -0.3 is 9.64 Å². The van der Waals surface area contributed by atoms with Gasteiger partial charge in [-0.15, -0.1) is 0 Å². The molecule has 2 aromatic carbocycles. The monoisotopic (exact) mass is 580 g/mol. The predicted molar refractivity (Wildman–Crippen MR) is 164 cm³/mol. The first kappa shape index (κ1) is 27.8. The van der Waals surface area contributed by atoms with E-state index in [-0.39, 0.29) is 11.3 Å². The lowest BCUT2D eigenvalue weighted by molar-refractivity contribution is 0.100. The number of carbonyl (C=O) groups is 1. The largest absolute Gasteiger partial charge is 0.490 e. The summed E-state index contributed by atoms with van der Waals surface area (Å²) in [6, 6.07) is 12.0. The fraction of sp³-hybridized carbons (Fsp3) is 0.545. The van der Waals surface area contributed by atoms with Crippen molar-refractivity contribution in [3.63, 3.8) is 0 Å². The quantitative estimate of drug-likeness (QED) is 0.285. The predicted octanol–water partition coefficient (Wildman–Crippen LogP) is 7.27. The van der Waals surface area contributed by atoms with Gasteiger partial charge in [-0.1, -0.05) is 43.7 Å². The summed E-state index contributed by atoms with van der Waals surface area (Å²) >= 11 is 6.41. The standard InChI is InChI=1S/C33H41ClN2O3S/c1-3-23-7-4-6-22(2)19-40(38)35-32(37)25-10-14-31-30(17-25)36(18-26-9-12-28(23)26)20-33(21-39-31)15-5-8-24-16-27(34)11-13-29(24)33/h4,7,10-11,13-14,16-17,22-23,26,28,40H,3,5-6,8-9,12,15,18-21H2,1-2H3/b7-4+/t22-,23-,26-,28-,33-/m0/s1. The number of aryl methyl sites for hydroxylation is 1. The molecule has 7 heteroatoms. The third-order valence-electron chi connectivity index (χ3n) is 9.83. The number of fused-ring (bicyclic) bond motifs is 4. The second kappa shape index (κ2) is 11.5. The average Bonchev–Trinajstić information content (AvgIpc) is 3.06. The molecule has 1 fully saturated rings. The van der Waals surface area contributed by atoms with Crippen molar-refractivity contribution >= 4 is 33.8 Å². The van der Waals surface area contributed by atoms with Gasteiger partial charge >= 0.3 is 0 Å². The van der Waals surface area contributed by atoms with Crippen LogP contribution in [0.15, 0.2) is 52.9 Å². The van der Waals surface area contributed by atoms with E-state index < -0.39 is 16.5 Å². The van der Waals surface area contributed by atoms with E-state index in [1.807, 2.05) is 18.2 Å². The number of nitrogens with zero attached hydrogens (tertiary/aromatic N) is 2. The second-order valence-corrected chi connectivity index (χ2v) is 14.3. The number of halogens is 1. The molecule has 0 saturated heterocycles. The van der Waals surface area contributed by atoms with Gasteiger partial charge in [0.15, 0.2) is 0 Å². The second-order valence-electron chi connectivity index (χ2n) is 12.6. The van der Waals surface area contributed by atoms with Gasteiger partial charge in [-0.3, -0.25) is 9.00 Å². The molecular weight excluding hydrogens is 540 g/mol. The van der Waals surface area contributed by atoms with Gasteiger partial charge in [0.25, 0.3) is 5.91 Å². The highest BCUT2D eigenvalue weighted by Crippen LogP contribution is 2.47. The molecule has 40 heavy (non-hydrogen) atoms. The minimum atomic E-state index is -1.95. The molecule has 5 nitrogen and oxygen atoms in total. The number of amides is 1. The van der Waals surface area contributed by atoms with Crippen molar-refractivity contribution in [2.24, 2.45) is 28.0 Å². The fourth-order valence-electron chi connectivity index (χ4n) is 7.52. The molecule has 2 aliphatic carbocycles. The molecule has 2 bridgehead atoms. The molecule has 0 aromatic heterocycles. The van der Waals surface area contributed by atoms with Crippen LogP contribution in [0.5, 0.6) is 5.75 Å². The lowest BCUT2D eigenvalue weighted by Gasteiger charge is -2.46. The average molecular weight is 581 g/mol. The highest BCUT2D eigenvalue weighted by molar-refractivity contribution is 7.75. The number of benzene rings is 2. The van der Waals surface area contributed by atoms with E-state index >= 15 is 0 Å². The summed E-state index contributed by atoms with van der Waals surface area (Å²) in [5.74, 6) is 2.87. The molecule has 2 aliphatic heterocycles. The van der Waals surface area contributed by atoms with Gasteiger partial charge in [0.1, 0.15) is 5.75 Å². The maximum Gasteiger partial charge on any atom is 0.284 e. The summed E-state index contributed by atoms with van der Waals surface area (Å²) in [6.07, 6.45) is 12.4. The van der Waals surface area contributed by atoms with E-state index in [1.54, 1.807) is 6.07 Å². The minimum Gasteiger partial charge on any atom is -0.490 e. The first-order valence-corrected chi connectivity index (χ1v) is 16.8. The topological polar surface area (TPSA) is 59.0 Å². The van der Waals surface area contributed by atoms with Crippen LogP contribution in [0, 0.1) is 23.7 Å². The Kier molecular flexibility index (Phi) is 8.02. The molecule has 0 radical (unpaired) electrons. The lowest BCUT2D eigenvalue weighted by Crippen LogP contribution is -2.49. The number of rotatable bonds is 1. The van der Waals surface area contributed by atoms with Gasteiger partial charge in [0, 0.05) is 45.4 Å². The summed E-state index contributed by atoms with van der Waals surface area (Å²) in [5.41, 5.74) is 3.98. The lowest BCUT2D eigenvalue weighted by atomic mass is 9.65. The van der Waals surface area contributed by atoms with Crippen molar-refractivity contribution in [2.45, 2.75) is 64.2 Å². The number of anilines is 1. The maximum absolute atomic E-state index is 13.2. The van der Waals surface area contributed by atoms with E-state index in [4.69, 9.17) is 16.3 Å². The minimum absolute atomic E-state index is 0.143. The van der Waals surface area contributed by atoms with Crippen LogP contribution in [0.1, 0.15) is 73.9 Å². The summed E-state index contributed by atoms with van der Waals surface area (Å²) in [7, 11) is -1.95. The molecule has 214 valence electrons. The zero-order valence-corrected chi connectivity index (χ0v) is 25.3. The third-order valence-corrected chi connectivity index (χ3v) is 11.4. The van der Waals surface area contributed by atoms with Gasteiger partial charge in [0.2, 0.25) is 0 Å². The Balaban J connectivity index is 1.43. The Hall–Kier alpha value is -2.31. The van der Waals surface area contributed by atoms with Crippen molar-refractivity contribution < 1.29 is 13.7 Å². The summed E-state index contributed by atoms with van der Waals surface area (Å²) < 4.78 is 23.5. The van der Waals surface area contributed by atoms with E-state index in [2.05, 4.69) is 47.4 Å². The summed E-state index contributed by atoms with van der Waals surface area (Å²) in [6.45, 7) is 6.77. The van der Waals surface area contributed by atoms with E-state index in [1.165, 1.54) is 24.0 Å². The van der Waals surface area contributed by atoms with Crippen molar-refractivity contribution in [2.75, 3.05) is 30.3 Å². The first-order valence-electron chi connectivity index (χ1n) is 15.0. The molecule has 1 spiro atoms. The van der Waals surface area contributed by atoms with Crippen LogP contribution < -0.4 is 9.64 Å². The Morgan fingerprint density at radius 1 is 1.20 bits per heavy atom. The van der Waals surface area contributed by atoms with Crippen molar-refractivity contribution in [1.82, 2.24) is 0 Å². The zero-order chi connectivity index (χ0) is 27.9. The molecule has 0 N–H and O–H groups in total. The SMILES string of the molecule is CC[C@H]1/C=C/C[C@H](C)C/[SH](=O)=N\C(=O)c2ccc3c(c2)N(C[C@@H]2CC[C@H]21)C[C@@]1(CCCc2cc(Cl)ccc21)CO3. The van der Waals surface area contributed by atoms with Gasteiger partial charge in [-0.05, 0) is 110 Å². The van der Waals surface area contributed by atoms with Gasteiger partial charge in [-0.25, -0.2) is 0 Å². The smallest absolute Gasteiger partial charge is 0.284 e. The number of hydrogen-bond acceptors (Lipinski definition) is 4. The zero-order valence-electron chi connectivity index (χ0n) is 23.7. The number of allylic oxidation sites excluding steroid dienone is 2. The molecule has 2 heterocycles. The molecule has 1 amide bonds. The van der Waals surface area contributed by atoms with Crippen molar-refractivity contribution in [3.05, 3.63) is 70.3 Å². The van der Waals surface area contributed by atoms with Gasteiger partial charge in [0.05, 0.1) is 12.3 Å². The Morgan fingerprint density at radius 2 is 2.08 bits per heavy atom. The van der Waals surface area contributed by atoms with Crippen LogP contribution >= 0.6 is 11.6 Å². The number of carbonyl (C=O) groups excluding carboxylic acids is 1. The molecule has 2 aromatic rings. The fourth-order valence-corrected chi connectivity index (χ4v) is 8.80. The van der Waals surface area contributed by atoms with Crippen LogP contribution in [-0.4, -0.2) is 35.6 Å². The molecule has 6 atom stereocenters. The molecule has 6 rings (SSSR count). The van der Waals surface area contributed by atoms with Crippen molar-refractivity contribution in [3.8, 4) is 5.75 Å². The van der Waals surface area contributed by atoms with E-state index in [0.29, 0.717) is 35.7 Å². The number of hydrogen-bond donors (Lipinski definition) is 1. The van der Waals surface area contributed by atoms with Crippen LogP contribution in [0.25, 0.3) is 0 Å². The van der Waals surface area contributed by atoms with E-state index in [9.17, 15) is 9.00 Å². The first-order chi connectivity index (χ1) is 19.3. The Morgan fingerprint density at radius 3 is 2.88 bits per heavy atom. The van der Waals surface area contributed by atoms with Crippen LogP contribution in [0.4, 0.5) is 5.69 Å².